The van der Waals surface area contributed by atoms with Crippen LogP contribution in [0.25, 0.3) is 0 Å². The van der Waals surface area contributed by atoms with Crippen molar-refractivity contribution in [2.24, 2.45) is 5.73 Å². The maximum Gasteiger partial charge on any atom is 0.0369 e. The van der Waals surface area contributed by atoms with E-state index in [0.717, 1.165) is 32.7 Å². The third-order valence-electron chi connectivity index (χ3n) is 3.29. The topological polar surface area (TPSA) is 32.5 Å². The molecule has 0 aromatic heterocycles. The lowest BCUT2D eigenvalue weighted by molar-refractivity contribution is 0.247. The molecule has 3 nitrogen and oxygen atoms in total. The Labute approximate surface area is 104 Å². The number of benzene rings is 1. The van der Waals surface area contributed by atoms with Crippen LogP contribution in [0.2, 0.25) is 0 Å². The molecular formula is C14H23N3. The predicted octanol–water partition coefficient (Wildman–Crippen LogP) is 1.46. The summed E-state index contributed by atoms with van der Waals surface area (Å²) < 4.78 is 0. The van der Waals surface area contributed by atoms with Crippen molar-refractivity contribution in [3.8, 4) is 0 Å². The highest BCUT2D eigenvalue weighted by Crippen LogP contribution is 2.17. The molecule has 1 fully saturated rings. The highest BCUT2D eigenvalue weighted by Gasteiger charge is 2.17. The molecule has 1 aliphatic heterocycles. The van der Waals surface area contributed by atoms with Gasteiger partial charge in [0.1, 0.15) is 0 Å². The van der Waals surface area contributed by atoms with E-state index >= 15 is 0 Å². The number of rotatable bonds is 3. The molecule has 1 aromatic rings. The van der Waals surface area contributed by atoms with Crippen molar-refractivity contribution in [2.45, 2.75) is 19.9 Å². The van der Waals surface area contributed by atoms with Gasteiger partial charge in [0.25, 0.3) is 0 Å². The number of nitrogens with two attached hydrogens (primary N) is 1. The zero-order valence-corrected chi connectivity index (χ0v) is 10.9. The van der Waals surface area contributed by atoms with Crippen molar-refractivity contribution >= 4 is 5.69 Å². The summed E-state index contributed by atoms with van der Waals surface area (Å²) in [5.74, 6) is 0. The van der Waals surface area contributed by atoms with E-state index in [-0.39, 0.29) is 6.04 Å². The smallest absolute Gasteiger partial charge is 0.0369 e. The van der Waals surface area contributed by atoms with Crippen molar-refractivity contribution in [1.82, 2.24) is 4.90 Å². The molecule has 0 unspecified atom stereocenters. The number of hydrogen-bond acceptors (Lipinski definition) is 3. The van der Waals surface area contributed by atoms with Gasteiger partial charge in [-0.25, -0.2) is 0 Å². The fraction of sp³-hybridized carbons (Fsp3) is 0.571. The lowest BCUT2D eigenvalue weighted by Gasteiger charge is -2.36. The molecule has 0 bridgehead atoms. The molecule has 0 radical (unpaired) electrons. The van der Waals surface area contributed by atoms with Gasteiger partial charge < -0.3 is 10.6 Å². The van der Waals surface area contributed by atoms with Gasteiger partial charge in [0, 0.05) is 44.5 Å². The van der Waals surface area contributed by atoms with Gasteiger partial charge in [0.05, 0.1) is 0 Å². The number of aryl methyl sites for hydroxylation is 1. The Balaban J connectivity index is 1.91. The Morgan fingerprint density at radius 3 is 2.53 bits per heavy atom. The zero-order valence-electron chi connectivity index (χ0n) is 10.9. The molecule has 2 N–H and O–H groups in total. The second-order valence-electron chi connectivity index (χ2n) is 5.10. The van der Waals surface area contributed by atoms with Gasteiger partial charge in [-0.15, -0.1) is 0 Å². The second-order valence-corrected chi connectivity index (χ2v) is 5.10. The first kappa shape index (κ1) is 12.4. The van der Waals surface area contributed by atoms with Gasteiger partial charge in [0.15, 0.2) is 0 Å². The molecule has 1 saturated heterocycles. The van der Waals surface area contributed by atoms with Crippen molar-refractivity contribution in [1.29, 1.82) is 0 Å². The highest BCUT2D eigenvalue weighted by atomic mass is 15.3. The molecule has 17 heavy (non-hydrogen) atoms. The van der Waals surface area contributed by atoms with Gasteiger partial charge >= 0.3 is 0 Å². The van der Waals surface area contributed by atoms with E-state index in [4.69, 9.17) is 5.73 Å². The molecule has 1 aliphatic rings. The lowest BCUT2D eigenvalue weighted by atomic mass is 10.2. The van der Waals surface area contributed by atoms with E-state index in [9.17, 15) is 0 Å². The van der Waals surface area contributed by atoms with Gasteiger partial charge in [-0.2, -0.15) is 0 Å². The zero-order chi connectivity index (χ0) is 12.3. The fourth-order valence-corrected chi connectivity index (χ4v) is 2.42. The molecule has 0 spiro atoms. The highest BCUT2D eigenvalue weighted by molar-refractivity contribution is 5.48. The van der Waals surface area contributed by atoms with E-state index in [1.165, 1.54) is 11.3 Å². The van der Waals surface area contributed by atoms with Crippen molar-refractivity contribution in [3.05, 3.63) is 29.8 Å². The van der Waals surface area contributed by atoms with Crippen LogP contribution in [0.1, 0.15) is 12.5 Å². The quantitative estimate of drug-likeness (QED) is 0.858. The Bertz CT molecular complexity index is 354. The van der Waals surface area contributed by atoms with Crippen LogP contribution in [0.4, 0.5) is 5.69 Å². The van der Waals surface area contributed by atoms with Crippen molar-refractivity contribution in [3.63, 3.8) is 0 Å². The van der Waals surface area contributed by atoms with Gasteiger partial charge in [-0.1, -0.05) is 12.1 Å². The minimum atomic E-state index is 0.278. The Kier molecular flexibility index (Phi) is 4.02. The number of piperazine rings is 1. The molecule has 3 heteroatoms. The molecule has 1 atom stereocenters. The molecule has 0 amide bonds. The maximum atomic E-state index is 5.83. The van der Waals surface area contributed by atoms with Gasteiger partial charge in [-0.3, -0.25) is 4.90 Å². The monoisotopic (exact) mass is 233 g/mol. The van der Waals surface area contributed by atoms with E-state index in [1.807, 2.05) is 0 Å². The maximum absolute atomic E-state index is 5.83. The van der Waals surface area contributed by atoms with Crippen LogP contribution in [-0.2, 0) is 0 Å². The third-order valence-corrected chi connectivity index (χ3v) is 3.29. The minimum absolute atomic E-state index is 0.278. The summed E-state index contributed by atoms with van der Waals surface area (Å²) in [7, 11) is 0. The summed E-state index contributed by atoms with van der Waals surface area (Å²) in [6, 6.07) is 9.03. The molecular weight excluding hydrogens is 210 g/mol. The summed E-state index contributed by atoms with van der Waals surface area (Å²) in [6.45, 7) is 9.70. The number of anilines is 1. The molecule has 1 heterocycles. The first-order valence-electron chi connectivity index (χ1n) is 6.45. The second kappa shape index (κ2) is 5.52. The van der Waals surface area contributed by atoms with Crippen LogP contribution in [0.15, 0.2) is 24.3 Å². The van der Waals surface area contributed by atoms with E-state index < -0.39 is 0 Å². The van der Waals surface area contributed by atoms with Gasteiger partial charge in [-0.05, 0) is 31.5 Å². The van der Waals surface area contributed by atoms with Crippen LogP contribution in [0, 0.1) is 6.92 Å². The van der Waals surface area contributed by atoms with Crippen LogP contribution in [0.5, 0.6) is 0 Å². The minimum Gasteiger partial charge on any atom is -0.369 e. The predicted molar refractivity (Wildman–Crippen MR) is 73.5 cm³/mol. The number of nitrogens with zero attached hydrogens (tertiary/aromatic N) is 2. The van der Waals surface area contributed by atoms with Gasteiger partial charge in [0.2, 0.25) is 0 Å². The van der Waals surface area contributed by atoms with E-state index in [1.54, 1.807) is 0 Å². The fourth-order valence-electron chi connectivity index (χ4n) is 2.42. The van der Waals surface area contributed by atoms with E-state index in [2.05, 4.69) is 47.9 Å². The lowest BCUT2D eigenvalue weighted by Crippen LogP contribution is -2.49. The normalized spacial score (nSPS) is 19.4. The molecule has 94 valence electrons. The largest absolute Gasteiger partial charge is 0.369 e. The Morgan fingerprint density at radius 1 is 1.24 bits per heavy atom. The third kappa shape index (κ3) is 3.45. The van der Waals surface area contributed by atoms with E-state index in [0.29, 0.717) is 0 Å². The Hall–Kier alpha value is -1.06. The molecule has 0 saturated carbocycles. The first-order chi connectivity index (χ1) is 8.15. The molecule has 2 rings (SSSR count). The van der Waals surface area contributed by atoms with Crippen molar-refractivity contribution in [2.75, 3.05) is 37.6 Å². The summed E-state index contributed by atoms with van der Waals surface area (Å²) in [5, 5.41) is 0. The van der Waals surface area contributed by atoms with Crippen LogP contribution in [-0.4, -0.2) is 43.7 Å². The molecule has 1 aromatic carbocycles. The SMILES string of the molecule is Cc1cccc(N2CCN(C[C@H](C)N)CC2)c1. The average molecular weight is 233 g/mol. The first-order valence-corrected chi connectivity index (χ1v) is 6.45. The number of hydrogen-bond donors (Lipinski definition) is 1. The molecule has 0 aliphatic carbocycles. The van der Waals surface area contributed by atoms with Crippen LogP contribution < -0.4 is 10.6 Å². The average Bonchev–Trinajstić information content (AvgIpc) is 2.29. The summed E-state index contributed by atoms with van der Waals surface area (Å²) in [5.41, 5.74) is 8.52. The Morgan fingerprint density at radius 2 is 1.94 bits per heavy atom. The van der Waals surface area contributed by atoms with Crippen LogP contribution >= 0.6 is 0 Å². The van der Waals surface area contributed by atoms with Crippen LogP contribution in [0.3, 0.4) is 0 Å². The van der Waals surface area contributed by atoms with Crippen molar-refractivity contribution < 1.29 is 0 Å². The standard InChI is InChI=1S/C14H23N3/c1-12-4-3-5-14(10-12)17-8-6-16(7-9-17)11-13(2)15/h3-5,10,13H,6-9,11,15H2,1-2H3/t13-/m0/s1. The summed E-state index contributed by atoms with van der Waals surface area (Å²) in [6.07, 6.45) is 0. The summed E-state index contributed by atoms with van der Waals surface area (Å²) >= 11 is 0. The summed E-state index contributed by atoms with van der Waals surface area (Å²) in [4.78, 5) is 4.92.